The summed E-state index contributed by atoms with van der Waals surface area (Å²) in [4.78, 5) is 4.58. The number of ether oxygens (including phenoxy) is 1. The summed E-state index contributed by atoms with van der Waals surface area (Å²) in [5.41, 5.74) is 4.36. The molecule has 124 valence electrons. The van der Waals surface area contributed by atoms with Crippen LogP contribution in [0.1, 0.15) is 38.6 Å². The average molecular weight is 323 g/mol. The van der Waals surface area contributed by atoms with E-state index in [2.05, 4.69) is 31.8 Å². The third-order valence-electron chi connectivity index (χ3n) is 4.53. The number of benzene rings is 1. The highest BCUT2D eigenvalue weighted by molar-refractivity contribution is 5.78. The SMILES string of the molecule is CC(C)(C)c1ccc2oc(C3=CC4=CC=CCC4OC3O)nc2c1. The second-order valence-electron chi connectivity index (χ2n) is 7.36. The van der Waals surface area contributed by atoms with E-state index >= 15 is 0 Å². The Morgan fingerprint density at radius 1 is 1.25 bits per heavy atom. The molecule has 2 heterocycles. The van der Waals surface area contributed by atoms with Crippen LogP contribution in [0.3, 0.4) is 0 Å². The van der Waals surface area contributed by atoms with Gasteiger partial charge in [0.25, 0.3) is 0 Å². The lowest BCUT2D eigenvalue weighted by atomic mass is 9.87. The van der Waals surface area contributed by atoms with Gasteiger partial charge in [-0.05, 0) is 41.2 Å². The summed E-state index contributed by atoms with van der Waals surface area (Å²) >= 11 is 0. The lowest BCUT2D eigenvalue weighted by Gasteiger charge is -2.28. The van der Waals surface area contributed by atoms with E-state index in [1.165, 1.54) is 5.56 Å². The van der Waals surface area contributed by atoms with Gasteiger partial charge in [-0.1, -0.05) is 45.1 Å². The number of fused-ring (bicyclic) bond motifs is 2. The van der Waals surface area contributed by atoms with Crippen molar-refractivity contribution in [1.82, 2.24) is 4.98 Å². The maximum Gasteiger partial charge on any atom is 0.228 e. The van der Waals surface area contributed by atoms with Crippen LogP contribution in [0.5, 0.6) is 0 Å². The fourth-order valence-corrected chi connectivity index (χ4v) is 3.06. The number of allylic oxidation sites excluding steroid dienone is 2. The van der Waals surface area contributed by atoms with Gasteiger partial charge in [0.05, 0.1) is 11.7 Å². The molecule has 24 heavy (non-hydrogen) atoms. The summed E-state index contributed by atoms with van der Waals surface area (Å²) < 4.78 is 11.6. The van der Waals surface area contributed by atoms with Crippen LogP contribution in [-0.4, -0.2) is 22.5 Å². The molecule has 0 amide bonds. The largest absolute Gasteiger partial charge is 0.436 e. The number of aliphatic hydroxyl groups excluding tert-OH is 1. The highest BCUT2D eigenvalue weighted by atomic mass is 16.6. The van der Waals surface area contributed by atoms with Crippen molar-refractivity contribution in [3.05, 3.63) is 59.5 Å². The number of aromatic nitrogens is 1. The van der Waals surface area contributed by atoms with Crippen molar-refractivity contribution in [3.8, 4) is 0 Å². The minimum atomic E-state index is -1.02. The van der Waals surface area contributed by atoms with Gasteiger partial charge in [0.15, 0.2) is 11.9 Å². The number of aliphatic hydroxyl groups is 1. The molecule has 4 rings (SSSR count). The van der Waals surface area contributed by atoms with Crippen molar-refractivity contribution in [2.45, 2.75) is 45.0 Å². The standard InChI is InChI=1S/C20H21NO3/c1-20(2,3)13-8-9-17-15(11-13)21-18(23-17)14-10-12-6-4-5-7-16(12)24-19(14)22/h4-6,8-11,16,19,22H,7H2,1-3H3. The van der Waals surface area contributed by atoms with Gasteiger partial charge in [-0.15, -0.1) is 0 Å². The number of hydrogen-bond acceptors (Lipinski definition) is 4. The molecule has 0 spiro atoms. The third kappa shape index (κ3) is 2.62. The van der Waals surface area contributed by atoms with Crippen LogP contribution in [0.25, 0.3) is 16.7 Å². The Bertz CT molecular complexity index is 880. The Kier molecular flexibility index (Phi) is 3.48. The summed E-state index contributed by atoms with van der Waals surface area (Å²) in [5, 5.41) is 10.3. The third-order valence-corrected chi connectivity index (χ3v) is 4.53. The quantitative estimate of drug-likeness (QED) is 0.858. The number of nitrogens with zero attached hydrogens (tertiary/aromatic N) is 1. The van der Waals surface area contributed by atoms with Gasteiger partial charge in [-0.2, -0.15) is 0 Å². The Hall–Kier alpha value is -2.17. The minimum Gasteiger partial charge on any atom is -0.436 e. The summed E-state index contributed by atoms with van der Waals surface area (Å²) in [6, 6.07) is 6.04. The van der Waals surface area contributed by atoms with E-state index in [1.54, 1.807) is 0 Å². The molecule has 0 saturated heterocycles. The van der Waals surface area contributed by atoms with Crippen LogP contribution in [0.15, 0.2) is 52.5 Å². The molecule has 2 aromatic rings. The highest BCUT2D eigenvalue weighted by Gasteiger charge is 2.30. The van der Waals surface area contributed by atoms with Gasteiger partial charge < -0.3 is 14.3 Å². The minimum absolute atomic E-state index is 0.0481. The van der Waals surface area contributed by atoms with E-state index < -0.39 is 6.29 Å². The molecular weight excluding hydrogens is 302 g/mol. The molecule has 1 aromatic carbocycles. The van der Waals surface area contributed by atoms with Crippen LogP contribution in [-0.2, 0) is 10.2 Å². The first kappa shape index (κ1) is 15.4. The topological polar surface area (TPSA) is 55.5 Å². The van der Waals surface area contributed by atoms with Gasteiger partial charge in [0.1, 0.15) is 5.52 Å². The van der Waals surface area contributed by atoms with Gasteiger partial charge in [0, 0.05) is 0 Å². The van der Waals surface area contributed by atoms with E-state index in [0.717, 1.165) is 17.5 Å². The maximum absolute atomic E-state index is 10.3. The average Bonchev–Trinajstić information content (AvgIpc) is 2.96. The number of hydrogen-bond donors (Lipinski definition) is 1. The Labute approximate surface area is 141 Å². The molecule has 0 bridgehead atoms. The van der Waals surface area contributed by atoms with E-state index in [-0.39, 0.29) is 11.5 Å². The predicted molar refractivity (Wildman–Crippen MR) is 93.4 cm³/mol. The molecule has 2 aliphatic rings. The van der Waals surface area contributed by atoms with Gasteiger partial charge >= 0.3 is 0 Å². The van der Waals surface area contributed by atoms with Gasteiger partial charge in [-0.3, -0.25) is 0 Å². The van der Waals surface area contributed by atoms with Crippen molar-refractivity contribution in [2.75, 3.05) is 0 Å². The molecule has 0 radical (unpaired) electrons. The first-order valence-corrected chi connectivity index (χ1v) is 8.25. The maximum atomic E-state index is 10.3. The number of oxazole rings is 1. The highest BCUT2D eigenvalue weighted by Crippen LogP contribution is 2.34. The monoisotopic (exact) mass is 323 g/mol. The molecule has 0 fully saturated rings. The lowest BCUT2D eigenvalue weighted by molar-refractivity contribution is -0.0891. The second-order valence-corrected chi connectivity index (χ2v) is 7.36. The summed E-state index contributed by atoms with van der Waals surface area (Å²) in [5.74, 6) is 0.414. The van der Waals surface area contributed by atoms with Gasteiger partial charge in [-0.25, -0.2) is 4.98 Å². The van der Waals surface area contributed by atoms with Crippen LogP contribution >= 0.6 is 0 Å². The Morgan fingerprint density at radius 3 is 2.88 bits per heavy atom. The molecule has 4 nitrogen and oxygen atoms in total. The summed E-state index contributed by atoms with van der Waals surface area (Å²) in [6.07, 6.45) is 7.63. The van der Waals surface area contributed by atoms with Crippen LogP contribution in [0.2, 0.25) is 0 Å². The van der Waals surface area contributed by atoms with Crippen molar-refractivity contribution in [3.63, 3.8) is 0 Å². The molecular formula is C20H21NO3. The Balaban J connectivity index is 1.77. The molecule has 1 aromatic heterocycles. The van der Waals surface area contributed by atoms with Crippen molar-refractivity contribution >= 4 is 16.7 Å². The first-order valence-electron chi connectivity index (χ1n) is 8.25. The fraction of sp³-hybridized carbons (Fsp3) is 0.350. The molecule has 4 heteroatoms. The normalized spacial score (nSPS) is 23.8. The van der Waals surface area contributed by atoms with E-state index in [1.807, 2.05) is 36.4 Å². The van der Waals surface area contributed by atoms with E-state index in [9.17, 15) is 5.11 Å². The molecule has 2 unspecified atom stereocenters. The van der Waals surface area contributed by atoms with Crippen molar-refractivity contribution in [2.24, 2.45) is 0 Å². The van der Waals surface area contributed by atoms with Gasteiger partial charge in [0.2, 0.25) is 5.89 Å². The molecule has 1 aliphatic carbocycles. The fourth-order valence-electron chi connectivity index (χ4n) is 3.06. The van der Waals surface area contributed by atoms with Crippen LogP contribution in [0.4, 0.5) is 0 Å². The van der Waals surface area contributed by atoms with E-state index in [4.69, 9.17) is 9.15 Å². The zero-order valence-electron chi connectivity index (χ0n) is 14.1. The smallest absolute Gasteiger partial charge is 0.228 e. The van der Waals surface area contributed by atoms with Crippen molar-refractivity contribution in [1.29, 1.82) is 0 Å². The zero-order valence-corrected chi connectivity index (χ0v) is 14.1. The summed E-state index contributed by atoms with van der Waals surface area (Å²) in [7, 11) is 0. The molecule has 1 N–H and O–H groups in total. The summed E-state index contributed by atoms with van der Waals surface area (Å²) in [6.45, 7) is 6.50. The van der Waals surface area contributed by atoms with Crippen LogP contribution in [0, 0.1) is 0 Å². The second kappa shape index (κ2) is 5.43. The van der Waals surface area contributed by atoms with E-state index in [0.29, 0.717) is 17.0 Å². The molecule has 2 atom stereocenters. The Morgan fingerprint density at radius 2 is 2.08 bits per heavy atom. The first-order chi connectivity index (χ1) is 11.4. The lowest BCUT2D eigenvalue weighted by Crippen LogP contribution is -2.29. The van der Waals surface area contributed by atoms with Crippen LogP contribution < -0.4 is 0 Å². The van der Waals surface area contributed by atoms with Crippen molar-refractivity contribution < 1.29 is 14.3 Å². The number of rotatable bonds is 1. The molecule has 1 aliphatic heterocycles. The predicted octanol–water partition coefficient (Wildman–Crippen LogP) is 4.11. The zero-order chi connectivity index (χ0) is 16.9. The molecule has 0 saturated carbocycles.